The molecule has 1 fully saturated rings. The van der Waals surface area contributed by atoms with Crippen LogP contribution in [-0.2, 0) is 0 Å². The third-order valence-electron chi connectivity index (χ3n) is 0.674. The predicted octanol–water partition coefficient (Wildman–Crippen LogP) is 2.16. The standard InChI is InChI=1S/C3H5NOS3/c5-4-3-7-1-6-2-8-3/h3H,1-2H2. The molecule has 0 unspecified atom stereocenters. The Morgan fingerprint density at radius 1 is 1.38 bits per heavy atom. The van der Waals surface area contributed by atoms with Crippen LogP contribution in [0.15, 0.2) is 5.18 Å². The number of rotatable bonds is 1. The van der Waals surface area contributed by atoms with E-state index in [4.69, 9.17) is 0 Å². The van der Waals surface area contributed by atoms with Gasteiger partial charge < -0.3 is 0 Å². The third-order valence-corrected chi connectivity index (χ3v) is 4.65. The second-order valence-corrected chi connectivity index (χ2v) is 5.34. The zero-order valence-corrected chi connectivity index (χ0v) is 6.52. The number of thioether (sulfide) groups is 3. The Morgan fingerprint density at radius 2 is 2.00 bits per heavy atom. The Labute approximate surface area is 60.5 Å². The van der Waals surface area contributed by atoms with E-state index >= 15 is 0 Å². The maximum atomic E-state index is 9.86. The molecule has 0 atom stereocenters. The molecule has 0 radical (unpaired) electrons. The summed E-state index contributed by atoms with van der Waals surface area (Å²) < 4.78 is -0.0313. The van der Waals surface area contributed by atoms with Gasteiger partial charge in [0, 0.05) is 10.2 Å². The van der Waals surface area contributed by atoms with Crippen molar-refractivity contribution in [1.29, 1.82) is 0 Å². The lowest BCUT2D eigenvalue weighted by Gasteiger charge is -2.12. The number of nitrogens with zero attached hydrogens (tertiary/aromatic N) is 1. The van der Waals surface area contributed by atoms with Gasteiger partial charge in [0.05, 0.1) is 0 Å². The normalized spacial score (nSPS) is 23.0. The van der Waals surface area contributed by atoms with Crippen molar-refractivity contribution < 1.29 is 0 Å². The molecule has 0 bridgehead atoms. The lowest BCUT2D eigenvalue weighted by Crippen LogP contribution is -1.97. The van der Waals surface area contributed by atoms with E-state index in [-0.39, 0.29) is 4.71 Å². The molecule has 46 valence electrons. The first-order valence-corrected chi connectivity index (χ1v) is 5.32. The van der Waals surface area contributed by atoms with Crippen LogP contribution in [0.3, 0.4) is 0 Å². The third kappa shape index (κ3) is 1.87. The molecule has 0 aromatic rings. The summed E-state index contributed by atoms with van der Waals surface area (Å²) in [6, 6.07) is 0. The Kier molecular flexibility index (Phi) is 3.07. The first-order chi connectivity index (χ1) is 3.93. The molecule has 5 heteroatoms. The molecular formula is C3H5NOS3. The van der Waals surface area contributed by atoms with Crippen molar-refractivity contribution in [1.82, 2.24) is 0 Å². The van der Waals surface area contributed by atoms with Crippen molar-refractivity contribution in [3.63, 3.8) is 0 Å². The predicted molar refractivity (Wildman–Crippen MR) is 42.1 cm³/mol. The van der Waals surface area contributed by atoms with E-state index in [0.29, 0.717) is 0 Å². The fourth-order valence-corrected chi connectivity index (χ4v) is 4.45. The molecule has 0 aromatic carbocycles. The maximum absolute atomic E-state index is 9.86. The fourth-order valence-electron chi connectivity index (χ4n) is 0.356. The SMILES string of the molecule is O=NC1SCSCS1. The largest absolute Gasteiger partial charge is 0.185 e. The Morgan fingerprint density at radius 3 is 2.38 bits per heavy atom. The summed E-state index contributed by atoms with van der Waals surface area (Å²) >= 11 is 5.06. The van der Waals surface area contributed by atoms with Crippen LogP contribution in [0.5, 0.6) is 0 Å². The molecule has 0 saturated carbocycles. The van der Waals surface area contributed by atoms with Gasteiger partial charge >= 0.3 is 0 Å². The summed E-state index contributed by atoms with van der Waals surface area (Å²) in [5.74, 6) is 0. The Bertz CT molecular complexity index is 82.6. The molecule has 1 aliphatic heterocycles. The van der Waals surface area contributed by atoms with Crippen LogP contribution in [0, 0.1) is 4.91 Å². The highest BCUT2D eigenvalue weighted by Crippen LogP contribution is 2.36. The van der Waals surface area contributed by atoms with Gasteiger partial charge in [-0.3, -0.25) is 0 Å². The molecule has 2 nitrogen and oxygen atoms in total. The summed E-state index contributed by atoms with van der Waals surface area (Å²) in [6.45, 7) is 0. The molecule has 1 saturated heterocycles. The zero-order valence-electron chi connectivity index (χ0n) is 4.07. The van der Waals surface area contributed by atoms with Crippen molar-refractivity contribution in [3.8, 4) is 0 Å². The van der Waals surface area contributed by atoms with E-state index in [1.165, 1.54) is 0 Å². The molecule has 0 N–H and O–H groups in total. The highest BCUT2D eigenvalue weighted by atomic mass is 32.3. The molecule has 1 heterocycles. The molecule has 1 aliphatic rings. The van der Waals surface area contributed by atoms with E-state index in [1.807, 2.05) is 11.8 Å². The molecular weight excluding hydrogens is 162 g/mol. The fraction of sp³-hybridized carbons (Fsp3) is 1.00. The second kappa shape index (κ2) is 3.63. The van der Waals surface area contributed by atoms with Crippen molar-refractivity contribution in [2.45, 2.75) is 4.71 Å². The van der Waals surface area contributed by atoms with Crippen LogP contribution in [0.4, 0.5) is 0 Å². The van der Waals surface area contributed by atoms with Gasteiger partial charge in [-0.1, -0.05) is 0 Å². The van der Waals surface area contributed by atoms with E-state index < -0.39 is 0 Å². The topological polar surface area (TPSA) is 29.4 Å². The quantitative estimate of drug-likeness (QED) is 0.560. The van der Waals surface area contributed by atoms with Crippen LogP contribution < -0.4 is 0 Å². The second-order valence-electron chi connectivity index (χ2n) is 1.19. The van der Waals surface area contributed by atoms with Gasteiger partial charge in [-0.25, -0.2) is 0 Å². The van der Waals surface area contributed by atoms with Crippen LogP contribution in [0.1, 0.15) is 0 Å². The minimum Gasteiger partial charge on any atom is -0.149 e. The zero-order chi connectivity index (χ0) is 5.82. The molecule has 0 amide bonds. The molecule has 0 spiro atoms. The Balaban J connectivity index is 2.22. The average molecular weight is 167 g/mol. The summed E-state index contributed by atoms with van der Waals surface area (Å²) in [7, 11) is 0. The van der Waals surface area contributed by atoms with Gasteiger partial charge in [-0.05, 0) is 5.18 Å². The van der Waals surface area contributed by atoms with Crippen LogP contribution >= 0.6 is 35.3 Å². The highest BCUT2D eigenvalue weighted by molar-refractivity contribution is 8.32. The van der Waals surface area contributed by atoms with Crippen LogP contribution in [-0.4, -0.2) is 14.9 Å². The van der Waals surface area contributed by atoms with E-state index in [0.717, 1.165) is 10.2 Å². The number of hydrogen-bond acceptors (Lipinski definition) is 5. The molecule has 0 aliphatic carbocycles. The van der Waals surface area contributed by atoms with Crippen molar-refractivity contribution in [2.75, 3.05) is 10.2 Å². The van der Waals surface area contributed by atoms with E-state index in [1.54, 1.807) is 23.5 Å². The highest BCUT2D eigenvalue weighted by Gasteiger charge is 2.13. The van der Waals surface area contributed by atoms with Gasteiger partial charge in [0.25, 0.3) is 0 Å². The lowest BCUT2D eigenvalue weighted by molar-refractivity contribution is 1.27. The maximum Gasteiger partial charge on any atom is 0.185 e. The monoisotopic (exact) mass is 167 g/mol. The lowest BCUT2D eigenvalue weighted by atomic mass is 11.5. The summed E-state index contributed by atoms with van der Waals surface area (Å²) in [5, 5.41) is 4.94. The van der Waals surface area contributed by atoms with Gasteiger partial charge in [0.1, 0.15) is 0 Å². The van der Waals surface area contributed by atoms with Crippen LogP contribution in [0.25, 0.3) is 0 Å². The van der Waals surface area contributed by atoms with Gasteiger partial charge in [-0.15, -0.1) is 40.2 Å². The van der Waals surface area contributed by atoms with E-state index in [2.05, 4.69) is 5.18 Å². The molecule has 8 heavy (non-hydrogen) atoms. The van der Waals surface area contributed by atoms with Crippen molar-refractivity contribution in [2.24, 2.45) is 5.18 Å². The van der Waals surface area contributed by atoms with Gasteiger partial charge in [0.2, 0.25) is 0 Å². The van der Waals surface area contributed by atoms with E-state index in [9.17, 15) is 4.91 Å². The first kappa shape index (κ1) is 6.77. The van der Waals surface area contributed by atoms with Gasteiger partial charge in [-0.2, -0.15) is 0 Å². The summed E-state index contributed by atoms with van der Waals surface area (Å²) in [6.07, 6.45) is 0. The summed E-state index contributed by atoms with van der Waals surface area (Å²) in [4.78, 5) is 9.86. The van der Waals surface area contributed by atoms with Crippen molar-refractivity contribution in [3.05, 3.63) is 4.91 Å². The first-order valence-electron chi connectivity index (χ1n) is 2.07. The summed E-state index contributed by atoms with van der Waals surface area (Å²) in [5.41, 5.74) is 0. The smallest absolute Gasteiger partial charge is 0.149 e. The average Bonchev–Trinajstić information content (AvgIpc) is 1.90. The molecule has 1 rings (SSSR count). The van der Waals surface area contributed by atoms with Crippen LogP contribution in [0.2, 0.25) is 0 Å². The van der Waals surface area contributed by atoms with Crippen molar-refractivity contribution >= 4 is 35.3 Å². The van der Waals surface area contributed by atoms with Gasteiger partial charge in [0.15, 0.2) is 4.71 Å². The number of nitroso groups, excluding NO2 is 1. The molecule has 0 aromatic heterocycles. The minimum atomic E-state index is -0.0313. The minimum absolute atomic E-state index is 0.0313. The number of hydrogen-bond donors (Lipinski definition) is 0. The Hall–Kier alpha value is 0.650.